The van der Waals surface area contributed by atoms with E-state index in [1.165, 1.54) is 6.08 Å². The molecule has 0 atom stereocenters. The first kappa shape index (κ1) is 15.9. The summed E-state index contributed by atoms with van der Waals surface area (Å²) in [7, 11) is 0. The fraction of sp³-hybridized carbons (Fsp3) is 0.353. The summed E-state index contributed by atoms with van der Waals surface area (Å²) in [6.45, 7) is 6.17. The average molecular weight is 299 g/mol. The summed E-state index contributed by atoms with van der Waals surface area (Å²) in [6.07, 6.45) is 13.5. The van der Waals surface area contributed by atoms with Crippen LogP contribution in [-0.2, 0) is 4.79 Å². The van der Waals surface area contributed by atoms with Crippen molar-refractivity contribution in [1.82, 2.24) is 9.78 Å². The molecule has 22 heavy (non-hydrogen) atoms. The third-order valence-electron chi connectivity index (χ3n) is 3.06. The molecule has 0 aliphatic heterocycles. The van der Waals surface area contributed by atoms with Crippen LogP contribution in [0.2, 0.25) is 0 Å². The average Bonchev–Trinajstić information content (AvgIpc) is 2.54. The molecule has 1 aromatic heterocycles. The molecule has 5 nitrogen and oxygen atoms in total. The summed E-state index contributed by atoms with van der Waals surface area (Å²) in [4.78, 5) is 15.6. The van der Waals surface area contributed by atoms with Gasteiger partial charge in [-0.15, -0.1) is 6.58 Å². The van der Waals surface area contributed by atoms with Crippen LogP contribution in [0.5, 0.6) is 5.88 Å². The van der Waals surface area contributed by atoms with Crippen molar-refractivity contribution < 1.29 is 9.53 Å². The van der Waals surface area contributed by atoms with Gasteiger partial charge in [-0.05, 0) is 12.8 Å². The SMILES string of the molecule is C=CCC(=O)N=c1cnn(C2C=CCC=C2)c(OCCC)c1. The standard InChI is InChI=1S/C17H21N3O2/c1-3-8-16(21)19-14-12-17(22-11-4-2)20(18-13-14)15-9-6-5-7-10-15/h3,6-7,9-10,12-13,15H,1,4-5,8,11H2,2H3. The van der Waals surface area contributed by atoms with Gasteiger partial charge < -0.3 is 4.74 Å². The number of hydrogen-bond donors (Lipinski definition) is 0. The molecule has 1 amide bonds. The summed E-state index contributed by atoms with van der Waals surface area (Å²) in [6, 6.07) is 1.78. The van der Waals surface area contributed by atoms with Crippen LogP contribution in [0.1, 0.15) is 32.2 Å². The Hall–Kier alpha value is -2.43. The van der Waals surface area contributed by atoms with E-state index in [-0.39, 0.29) is 18.4 Å². The minimum absolute atomic E-state index is 0.0264. The summed E-state index contributed by atoms with van der Waals surface area (Å²) in [5.74, 6) is 0.365. The molecule has 1 aliphatic rings. The third kappa shape index (κ3) is 4.28. The first-order valence-corrected chi connectivity index (χ1v) is 7.48. The van der Waals surface area contributed by atoms with E-state index in [2.05, 4.69) is 41.0 Å². The molecule has 1 aromatic rings. The van der Waals surface area contributed by atoms with E-state index in [4.69, 9.17) is 4.74 Å². The molecule has 0 aromatic carbocycles. The van der Waals surface area contributed by atoms with E-state index >= 15 is 0 Å². The molecular formula is C17H21N3O2. The fourth-order valence-electron chi connectivity index (χ4n) is 2.06. The summed E-state index contributed by atoms with van der Waals surface area (Å²) >= 11 is 0. The highest BCUT2D eigenvalue weighted by Crippen LogP contribution is 2.20. The molecule has 0 radical (unpaired) electrons. The highest BCUT2D eigenvalue weighted by molar-refractivity contribution is 5.78. The molecule has 1 aliphatic carbocycles. The van der Waals surface area contributed by atoms with Crippen molar-refractivity contribution in [1.29, 1.82) is 0 Å². The normalized spacial score (nSPS) is 15.0. The largest absolute Gasteiger partial charge is 0.478 e. The van der Waals surface area contributed by atoms with Gasteiger partial charge in [0.2, 0.25) is 11.8 Å². The molecule has 0 unspecified atom stereocenters. The first-order valence-electron chi connectivity index (χ1n) is 7.48. The van der Waals surface area contributed by atoms with Gasteiger partial charge in [-0.1, -0.05) is 37.3 Å². The van der Waals surface area contributed by atoms with Gasteiger partial charge in [0.05, 0.1) is 24.2 Å². The minimum Gasteiger partial charge on any atom is -0.478 e. The van der Waals surface area contributed by atoms with Gasteiger partial charge >= 0.3 is 0 Å². The zero-order valence-electron chi connectivity index (χ0n) is 12.8. The number of carbonyl (C=O) groups is 1. The molecule has 116 valence electrons. The van der Waals surface area contributed by atoms with Crippen molar-refractivity contribution in [2.45, 2.75) is 32.2 Å². The van der Waals surface area contributed by atoms with E-state index in [1.807, 2.05) is 6.92 Å². The molecule has 0 N–H and O–H groups in total. The van der Waals surface area contributed by atoms with Gasteiger partial charge in [0.1, 0.15) is 0 Å². The third-order valence-corrected chi connectivity index (χ3v) is 3.06. The van der Waals surface area contributed by atoms with E-state index in [1.54, 1.807) is 16.9 Å². The molecular weight excluding hydrogens is 278 g/mol. The van der Waals surface area contributed by atoms with Crippen LogP contribution >= 0.6 is 0 Å². The van der Waals surface area contributed by atoms with Crippen LogP contribution in [0.15, 0.2) is 54.2 Å². The summed E-state index contributed by atoms with van der Waals surface area (Å²) in [5, 5.41) is 4.88. The second-order valence-electron chi connectivity index (χ2n) is 4.93. The molecule has 5 heteroatoms. The number of nitrogens with zero attached hydrogens (tertiary/aromatic N) is 3. The monoisotopic (exact) mass is 299 g/mol. The predicted molar refractivity (Wildman–Crippen MR) is 85.3 cm³/mol. The molecule has 0 saturated heterocycles. The zero-order valence-corrected chi connectivity index (χ0v) is 12.8. The van der Waals surface area contributed by atoms with Gasteiger partial charge in [-0.25, -0.2) is 9.67 Å². The van der Waals surface area contributed by atoms with Gasteiger partial charge in [0, 0.05) is 12.5 Å². The number of ether oxygens (including phenoxy) is 1. The molecule has 0 fully saturated rings. The number of hydrogen-bond acceptors (Lipinski definition) is 3. The van der Waals surface area contributed by atoms with Gasteiger partial charge in [0.15, 0.2) is 0 Å². The molecule has 0 bridgehead atoms. The maximum absolute atomic E-state index is 11.6. The lowest BCUT2D eigenvalue weighted by Gasteiger charge is -2.18. The first-order chi connectivity index (χ1) is 10.7. The Kier molecular flexibility index (Phi) is 5.89. The van der Waals surface area contributed by atoms with Crippen LogP contribution in [0.25, 0.3) is 0 Å². The van der Waals surface area contributed by atoms with E-state index in [0.717, 1.165) is 12.8 Å². The lowest BCUT2D eigenvalue weighted by Crippen LogP contribution is -2.19. The lowest BCUT2D eigenvalue weighted by atomic mass is 10.1. The smallest absolute Gasteiger partial charge is 0.250 e. The molecule has 2 rings (SSSR count). The van der Waals surface area contributed by atoms with Crippen LogP contribution in [0.4, 0.5) is 0 Å². The Morgan fingerprint density at radius 2 is 2.32 bits per heavy atom. The van der Waals surface area contributed by atoms with Crippen LogP contribution < -0.4 is 10.1 Å². The number of allylic oxidation sites excluding steroid dienone is 4. The van der Waals surface area contributed by atoms with Gasteiger partial charge in [0.25, 0.3) is 0 Å². The van der Waals surface area contributed by atoms with E-state index in [9.17, 15) is 4.79 Å². The van der Waals surface area contributed by atoms with Crippen molar-refractivity contribution >= 4 is 5.91 Å². The van der Waals surface area contributed by atoms with Crippen molar-refractivity contribution in [2.75, 3.05) is 6.61 Å². The Labute approximate surface area is 130 Å². The van der Waals surface area contributed by atoms with Crippen LogP contribution in [0, 0.1) is 0 Å². The summed E-state index contributed by atoms with van der Waals surface area (Å²) < 4.78 is 7.55. The van der Waals surface area contributed by atoms with Gasteiger partial charge in [-0.2, -0.15) is 5.10 Å². The predicted octanol–water partition coefficient (Wildman–Crippen LogP) is 2.73. The fourth-order valence-corrected chi connectivity index (χ4v) is 2.06. The van der Waals surface area contributed by atoms with Crippen molar-refractivity contribution in [2.24, 2.45) is 4.99 Å². The second kappa shape index (κ2) is 8.12. The van der Waals surface area contributed by atoms with E-state index in [0.29, 0.717) is 17.8 Å². The molecule has 0 saturated carbocycles. The lowest BCUT2D eigenvalue weighted by molar-refractivity contribution is -0.117. The Bertz CT molecular complexity index is 644. The number of amides is 1. The zero-order chi connectivity index (χ0) is 15.8. The van der Waals surface area contributed by atoms with E-state index < -0.39 is 0 Å². The Balaban J connectivity index is 2.35. The maximum Gasteiger partial charge on any atom is 0.250 e. The minimum atomic E-state index is -0.242. The second-order valence-corrected chi connectivity index (χ2v) is 4.93. The Morgan fingerprint density at radius 3 is 3.00 bits per heavy atom. The molecule has 1 heterocycles. The molecule has 0 spiro atoms. The highest BCUT2D eigenvalue weighted by atomic mass is 16.5. The number of carbonyl (C=O) groups excluding carboxylic acids is 1. The van der Waals surface area contributed by atoms with Crippen LogP contribution in [-0.4, -0.2) is 22.3 Å². The number of aromatic nitrogens is 2. The topological polar surface area (TPSA) is 56.5 Å². The Morgan fingerprint density at radius 1 is 1.55 bits per heavy atom. The van der Waals surface area contributed by atoms with Crippen LogP contribution in [0.3, 0.4) is 0 Å². The van der Waals surface area contributed by atoms with Crippen molar-refractivity contribution in [3.63, 3.8) is 0 Å². The quantitative estimate of drug-likeness (QED) is 0.759. The maximum atomic E-state index is 11.6. The van der Waals surface area contributed by atoms with Gasteiger partial charge in [-0.3, -0.25) is 4.79 Å². The number of rotatable bonds is 6. The van der Waals surface area contributed by atoms with Crippen molar-refractivity contribution in [3.05, 3.63) is 54.6 Å². The van der Waals surface area contributed by atoms with Crippen molar-refractivity contribution in [3.8, 4) is 5.88 Å². The summed E-state index contributed by atoms with van der Waals surface area (Å²) in [5.41, 5.74) is 0. The highest BCUT2D eigenvalue weighted by Gasteiger charge is 2.11.